The predicted octanol–water partition coefficient (Wildman–Crippen LogP) is 4.68. The normalized spacial score (nSPS) is 10.9. The monoisotopic (exact) mass is 377 g/mol. The fraction of sp³-hybridized carbons (Fsp3) is 0.0476. The maximum atomic E-state index is 12.3. The molecule has 5 nitrogen and oxygen atoms in total. The molecule has 3 aromatic rings. The molecule has 1 aromatic heterocycles. The van der Waals surface area contributed by atoms with Gasteiger partial charge in [0, 0.05) is 28.8 Å². The Labute approximate surface area is 162 Å². The molecule has 0 unspecified atom stereocenters. The predicted molar refractivity (Wildman–Crippen MR) is 106 cm³/mol. The van der Waals surface area contributed by atoms with Gasteiger partial charge in [-0.05, 0) is 66.2 Å². The van der Waals surface area contributed by atoms with Gasteiger partial charge in [0.25, 0.3) is 5.91 Å². The highest BCUT2D eigenvalue weighted by Crippen LogP contribution is 2.18. The number of carbonyl (C=O) groups excluding carboxylic acids is 1. The first-order valence-corrected chi connectivity index (χ1v) is 8.48. The zero-order valence-corrected chi connectivity index (χ0v) is 15.3. The van der Waals surface area contributed by atoms with E-state index in [0.717, 1.165) is 17.0 Å². The minimum absolute atomic E-state index is 0.0115. The number of aromatic nitrogens is 1. The lowest BCUT2D eigenvalue weighted by atomic mass is 10.2. The molecular weight excluding hydrogens is 362 g/mol. The molecule has 0 saturated carbocycles. The van der Waals surface area contributed by atoms with Gasteiger partial charge in [-0.3, -0.25) is 4.79 Å². The molecule has 134 valence electrons. The molecule has 0 aliphatic rings. The maximum absolute atomic E-state index is 12.3. The van der Waals surface area contributed by atoms with E-state index in [4.69, 9.17) is 16.3 Å². The molecule has 1 heterocycles. The zero-order valence-electron chi connectivity index (χ0n) is 14.5. The Morgan fingerprint density at radius 2 is 1.85 bits per heavy atom. The van der Waals surface area contributed by atoms with E-state index < -0.39 is 5.91 Å². The fourth-order valence-corrected chi connectivity index (χ4v) is 2.59. The summed E-state index contributed by atoms with van der Waals surface area (Å²) < 4.78 is 7.05. The number of anilines is 1. The van der Waals surface area contributed by atoms with Crippen LogP contribution in [0, 0.1) is 11.3 Å². The molecule has 6 heteroatoms. The van der Waals surface area contributed by atoms with Crippen molar-refractivity contribution >= 4 is 29.3 Å². The Bertz CT molecular complexity index is 1010. The van der Waals surface area contributed by atoms with Crippen LogP contribution in [0.2, 0.25) is 5.02 Å². The number of methoxy groups -OCH3 is 1. The molecule has 0 fully saturated rings. The van der Waals surface area contributed by atoms with Crippen LogP contribution in [0.5, 0.6) is 5.75 Å². The number of nitriles is 1. The highest BCUT2D eigenvalue weighted by molar-refractivity contribution is 6.30. The van der Waals surface area contributed by atoms with Crippen LogP contribution >= 0.6 is 11.6 Å². The third-order valence-electron chi connectivity index (χ3n) is 3.86. The van der Waals surface area contributed by atoms with Gasteiger partial charge in [-0.15, -0.1) is 0 Å². The summed E-state index contributed by atoms with van der Waals surface area (Å²) in [4.78, 5) is 12.3. The molecule has 2 aromatic carbocycles. The second-order valence-electron chi connectivity index (χ2n) is 5.68. The summed E-state index contributed by atoms with van der Waals surface area (Å²) in [5.74, 6) is 0.300. The van der Waals surface area contributed by atoms with E-state index in [2.05, 4.69) is 5.32 Å². The molecule has 1 N–H and O–H groups in total. The van der Waals surface area contributed by atoms with E-state index in [1.165, 1.54) is 0 Å². The average molecular weight is 378 g/mol. The second-order valence-corrected chi connectivity index (χ2v) is 6.12. The molecule has 3 rings (SSSR count). The topological polar surface area (TPSA) is 67.0 Å². The standard InChI is InChI=1S/C21H16ClN3O2/c1-27-20-8-6-19(7-9-20)25-11-10-15(14-25)12-16(13-23)21(26)24-18-4-2-17(22)3-5-18/h2-12,14H,1H3,(H,24,26)/b16-12+. The molecule has 0 aliphatic carbocycles. The minimum Gasteiger partial charge on any atom is -0.497 e. The van der Waals surface area contributed by atoms with E-state index in [0.29, 0.717) is 10.7 Å². The largest absolute Gasteiger partial charge is 0.497 e. The van der Waals surface area contributed by atoms with Crippen LogP contribution in [0.1, 0.15) is 5.56 Å². The number of hydrogen-bond donors (Lipinski definition) is 1. The minimum atomic E-state index is -0.475. The Morgan fingerprint density at radius 3 is 2.48 bits per heavy atom. The lowest BCUT2D eigenvalue weighted by Gasteiger charge is -2.04. The summed E-state index contributed by atoms with van der Waals surface area (Å²) in [6.45, 7) is 0. The van der Waals surface area contributed by atoms with E-state index in [-0.39, 0.29) is 5.57 Å². The number of ether oxygens (including phenoxy) is 1. The van der Waals surface area contributed by atoms with Gasteiger partial charge < -0.3 is 14.6 Å². The molecule has 0 spiro atoms. The number of benzene rings is 2. The van der Waals surface area contributed by atoms with Gasteiger partial charge in [0.1, 0.15) is 17.4 Å². The number of amides is 1. The third-order valence-corrected chi connectivity index (χ3v) is 4.12. The molecule has 1 amide bonds. The molecule has 0 aliphatic heterocycles. The SMILES string of the molecule is COc1ccc(-n2ccc(/C=C(\C#N)C(=O)Nc3ccc(Cl)cc3)c2)cc1. The Balaban J connectivity index is 1.77. The van der Waals surface area contributed by atoms with Crippen molar-refractivity contribution in [3.8, 4) is 17.5 Å². The van der Waals surface area contributed by atoms with Crippen molar-refractivity contribution in [1.29, 1.82) is 5.26 Å². The Kier molecular flexibility index (Phi) is 5.60. The lowest BCUT2D eigenvalue weighted by Crippen LogP contribution is -2.13. The lowest BCUT2D eigenvalue weighted by molar-refractivity contribution is -0.112. The summed E-state index contributed by atoms with van der Waals surface area (Å²) in [6, 6.07) is 18.0. The zero-order chi connectivity index (χ0) is 19.2. The molecule has 0 radical (unpaired) electrons. The Morgan fingerprint density at radius 1 is 1.15 bits per heavy atom. The van der Waals surface area contributed by atoms with Crippen molar-refractivity contribution in [1.82, 2.24) is 4.57 Å². The van der Waals surface area contributed by atoms with Crippen molar-refractivity contribution in [3.05, 3.63) is 83.2 Å². The van der Waals surface area contributed by atoms with Crippen molar-refractivity contribution in [2.75, 3.05) is 12.4 Å². The average Bonchev–Trinajstić information content (AvgIpc) is 3.16. The van der Waals surface area contributed by atoms with Gasteiger partial charge in [0.2, 0.25) is 0 Å². The van der Waals surface area contributed by atoms with Crippen molar-refractivity contribution < 1.29 is 9.53 Å². The molecular formula is C21H16ClN3O2. The quantitative estimate of drug-likeness (QED) is 0.518. The van der Waals surface area contributed by atoms with Crippen LogP contribution in [0.3, 0.4) is 0 Å². The van der Waals surface area contributed by atoms with Crippen LogP contribution in [-0.2, 0) is 4.79 Å². The number of nitrogens with zero attached hydrogens (tertiary/aromatic N) is 2. The number of rotatable bonds is 5. The molecule has 0 saturated heterocycles. The van der Waals surface area contributed by atoms with Gasteiger partial charge in [-0.1, -0.05) is 11.6 Å². The van der Waals surface area contributed by atoms with Gasteiger partial charge in [-0.25, -0.2) is 0 Å². The summed E-state index contributed by atoms with van der Waals surface area (Å²) in [7, 11) is 1.62. The van der Waals surface area contributed by atoms with Crippen LogP contribution in [-0.4, -0.2) is 17.6 Å². The first-order chi connectivity index (χ1) is 13.1. The van der Waals surface area contributed by atoms with Crippen LogP contribution in [0.4, 0.5) is 5.69 Å². The third kappa shape index (κ3) is 4.57. The van der Waals surface area contributed by atoms with Crippen molar-refractivity contribution in [3.63, 3.8) is 0 Å². The van der Waals surface area contributed by atoms with Crippen LogP contribution in [0.25, 0.3) is 11.8 Å². The van der Waals surface area contributed by atoms with E-state index >= 15 is 0 Å². The van der Waals surface area contributed by atoms with E-state index in [1.807, 2.05) is 53.4 Å². The summed E-state index contributed by atoms with van der Waals surface area (Å²) >= 11 is 5.83. The van der Waals surface area contributed by atoms with Crippen molar-refractivity contribution in [2.45, 2.75) is 0 Å². The van der Waals surface area contributed by atoms with E-state index in [9.17, 15) is 10.1 Å². The van der Waals surface area contributed by atoms with Crippen LogP contribution in [0.15, 0.2) is 72.6 Å². The Hall–Kier alpha value is -3.49. The highest BCUT2D eigenvalue weighted by Gasteiger charge is 2.10. The molecule has 27 heavy (non-hydrogen) atoms. The number of hydrogen-bond acceptors (Lipinski definition) is 3. The van der Waals surface area contributed by atoms with Gasteiger partial charge in [0.05, 0.1) is 7.11 Å². The second kappa shape index (κ2) is 8.26. The van der Waals surface area contributed by atoms with Crippen LogP contribution < -0.4 is 10.1 Å². The fourth-order valence-electron chi connectivity index (χ4n) is 2.46. The van der Waals surface area contributed by atoms with Gasteiger partial charge in [-0.2, -0.15) is 5.26 Å². The highest BCUT2D eigenvalue weighted by atomic mass is 35.5. The first kappa shape index (κ1) is 18.3. The molecule has 0 atom stereocenters. The van der Waals surface area contributed by atoms with Gasteiger partial charge in [0.15, 0.2) is 0 Å². The summed E-state index contributed by atoms with van der Waals surface area (Å²) in [6.07, 6.45) is 5.25. The van der Waals surface area contributed by atoms with Crippen molar-refractivity contribution in [2.24, 2.45) is 0 Å². The number of halogens is 1. The first-order valence-electron chi connectivity index (χ1n) is 8.10. The summed E-state index contributed by atoms with van der Waals surface area (Å²) in [5.41, 5.74) is 2.27. The smallest absolute Gasteiger partial charge is 0.266 e. The maximum Gasteiger partial charge on any atom is 0.266 e. The number of carbonyl (C=O) groups is 1. The van der Waals surface area contributed by atoms with E-state index in [1.54, 1.807) is 37.5 Å². The number of nitrogens with one attached hydrogen (secondary N) is 1. The molecule has 0 bridgehead atoms. The van der Waals surface area contributed by atoms with Gasteiger partial charge >= 0.3 is 0 Å². The summed E-state index contributed by atoms with van der Waals surface area (Å²) in [5, 5.41) is 12.6.